The summed E-state index contributed by atoms with van der Waals surface area (Å²) in [5.74, 6) is -0.702. The fourth-order valence-corrected chi connectivity index (χ4v) is 2.26. The Morgan fingerprint density at radius 2 is 2.25 bits per heavy atom. The number of pyridine rings is 1. The van der Waals surface area contributed by atoms with Gasteiger partial charge in [0.2, 0.25) is 0 Å². The van der Waals surface area contributed by atoms with E-state index in [1.54, 1.807) is 12.4 Å². The van der Waals surface area contributed by atoms with Gasteiger partial charge in [0.05, 0.1) is 6.42 Å². The van der Waals surface area contributed by atoms with E-state index in [1.807, 2.05) is 12.1 Å². The quantitative estimate of drug-likeness (QED) is 0.835. The fourth-order valence-electron chi connectivity index (χ4n) is 2.26. The molecule has 1 aliphatic heterocycles. The maximum atomic E-state index is 10.7. The second kappa shape index (κ2) is 5.07. The molecule has 0 aliphatic carbocycles. The standard InChI is InChI=1S/C12H16N2O2/c15-12(16)8-11-2-1-7-14(11)9-10-3-5-13-6-4-10/h3-6,11H,1-2,7-9H2,(H,15,16). The molecule has 1 unspecified atom stereocenters. The van der Waals surface area contributed by atoms with Crippen molar-refractivity contribution in [2.45, 2.75) is 31.8 Å². The lowest BCUT2D eigenvalue weighted by molar-refractivity contribution is -0.138. The highest BCUT2D eigenvalue weighted by Crippen LogP contribution is 2.22. The predicted octanol–water partition coefficient (Wildman–Crippen LogP) is 1.52. The first-order valence-electron chi connectivity index (χ1n) is 5.60. The smallest absolute Gasteiger partial charge is 0.304 e. The van der Waals surface area contributed by atoms with Crippen LogP contribution in [0.2, 0.25) is 0 Å². The van der Waals surface area contributed by atoms with Crippen molar-refractivity contribution in [2.75, 3.05) is 6.54 Å². The third kappa shape index (κ3) is 2.79. The normalized spacial score (nSPS) is 21.1. The molecule has 0 bridgehead atoms. The van der Waals surface area contributed by atoms with Crippen LogP contribution in [0.4, 0.5) is 0 Å². The van der Waals surface area contributed by atoms with E-state index in [0.717, 1.165) is 25.9 Å². The number of carbonyl (C=O) groups is 1. The minimum absolute atomic E-state index is 0.200. The van der Waals surface area contributed by atoms with Crippen molar-refractivity contribution in [3.8, 4) is 0 Å². The first-order valence-corrected chi connectivity index (χ1v) is 5.60. The fraction of sp³-hybridized carbons (Fsp3) is 0.500. The molecule has 0 saturated carbocycles. The average molecular weight is 220 g/mol. The molecule has 0 spiro atoms. The molecule has 4 nitrogen and oxygen atoms in total. The molecular weight excluding hydrogens is 204 g/mol. The summed E-state index contributed by atoms with van der Waals surface area (Å²) in [5, 5.41) is 8.82. The van der Waals surface area contributed by atoms with Gasteiger partial charge >= 0.3 is 5.97 Å². The van der Waals surface area contributed by atoms with Crippen LogP contribution in [0, 0.1) is 0 Å². The lowest BCUT2D eigenvalue weighted by atomic mass is 10.1. The van der Waals surface area contributed by atoms with Gasteiger partial charge in [-0.15, -0.1) is 0 Å². The Labute approximate surface area is 94.9 Å². The SMILES string of the molecule is O=C(O)CC1CCCN1Cc1ccncc1. The first kappa shape index (κ1) is 11.1. The van der Waals surface area contributed by atoms with Gasteiger partial charge in [0.1, 0.15) is 0 Å². The second-order valence-electron chi connectivity index (χ2n) is 4.22. The molecule has 1 fully saturated rings. The number of likely N-dealkylation sites (tertiary alicyclic amines) is 1. The Bertz CT molecular complexity index is 353. The Kier molecular flexibility index (Phi) is 3.51. The molecular formula is C12H16N2O2. The molecule has 2 rings (SSSR count). The second-order valence-corrected chi connectivity index (χ2v) is 4.22. The van der Waals surface area contributed by atoms with E-state index in [1.165, 1.54) is 5.56 Å². The van der Waals surface area contributed by atoms with E-state index >= 15 is 0 Å². The van der Waals surface area contributed by atoms with Gasteiger partial charge in [0, 0.05) is 25.0 Å². The van der Waals surface area contributed by atoms with E-state index in [2.05, 4.69) is 9.88 Å². The summed E-state index contributed by atoms with van der Waals surface area (Å²) in [4.78, 5) is 16.9. The molecule has 1 N–H and O–H groups in total. The average Bonchev–Trinajstić information content (AvgIpc) is 2.66. The number of carboxylic acid groups (broad SMARTS) is 1. The van der Waals surface area contributed by atoms with Crippen LogP contribution in [0.25, 0.3) is 0 Å². The van der Waals surface area contributed by atoms with Crippen LogP contribution in [0.1, 0.15) is 24.8 Å². The Balaban J connectivity index is 1.96. The van der Waals surface area contributed by atoms with E-state index in [-0.39, 0.29) is 12.5 Å². The monoisotopic (exact) mass is 220 g/mol. The zero-order chi connectivity index (χ0) is 11.4. The molecule has 0 aromatic carbocycles. The van der Waals surface area contributed by atoms with Crippen molar-refractivity contribution < 1.29 is 9.90 Å². The summed E-state index contributed by atoms with van der Waals surface area (Å²) in [5.41, 5.74) is 1.20. The molecule has 16 heavy (non-hydrogen) atoms. The van der Waals surface area contributed by atoms with E-state index in [9.17, 15) is 4.79 Å². The number of aliphatic carboxylic acids is 1. The third-order valence-electron chi connectivity index (χ3n) is 3.04. The number of hydrogen-bond donors (Lipinski definition) is 1. The summed E-state index contributed by atoms with van der Waals surface area (Å²) in [6.45, 7) is 1.83. The van der Waals surface area contributed by atoms with Gasteiger partial charge in [-0.1, -0.05) is 0 Å². The minimum Gasteiger partial charge on any atom is -0.481 e. The van der Waals surface area contributed by atoms with Crippen LogP contribution >= 0.6 is 0 Å². The molecule has 2 heterocycles. The van der Waals surface area contributed by atoms with Gasteiger partial charge < -0.3 is 5.11 Å². The zero-order valence-corrected chi connectivity index (χ0v) is 9.17. The summed E-state index contributed by atoms with van der Waals surface area (Å²) in [6, 6.07) is 4.16. The number of rotatable bonds is 4. The van der Waals surface area contributed by atoms with Crippen LogP contribution in [0.15, 0.2) is 24.5 Å². The topological polar surface area (TPSA) is 53.4 Å². The van der Waals surface area contributed by atoms with E-state index < -0.39 is 5.97 Å². The molecule has 1 saturated heterocycles. The first-order chi connectivity index (χ1) is 7.75. The van der Waals surface area contributed by atoms with Crippen LogP contribution in [-0.4, -0.2) is 33.5 Å². The zero-order valence-electron chi connectivity index (χ0n) is 9.17. The van der Waals surface area contributed by atoms with Crippen molar-refractivity contribution in [3.05, 3.63) is 30.1 Å². The van der Waals surface area contributed by atoms with Crippen LogP contribution in [0.5, 0.6) is 0 Å². The van der Waals surface area contributed by atoms with Gasteiger partial charge in [-0.05, 0) is 37.1 Å². The highest BCUT2D eigenvalue weighted by molar-refractivity contribution is 5.67. The van der Waals surface area contributed by atoms with Gasteiger partial charge in [-0.2, -0.15) is 0 Å². The molecule has 1 aliphatic rings. The van der Waals surface area contributed by atoms with Crippen LogP contribution in [-0.2, 0) is 11.3 Å². The van der Waals surface area contributed by atoms with Crippen molar-refractivity contribution in [1.29, 1.82) is 0 Å². The van der Waals surface area contributed by atoms with E-state index in [4.69, 9.17) is 5.11 Å². The van der Waals surface area contributed by atoms with Crippen LogP contribution < -0.4 is 0 Å². The molecule has 0 amide bonds. The van der Waals surface area contributed by atoms with Crippen LogP contribution in [0.3, 0.4) is 0 Å². The lowest BCUT2D eigenvalue weighted by Crippen LogP contribution is -2.30. The molecule has 4 heteroatoms. The summed E-state index contributed by atoms with van der Waals surface area (Å²) >= 11 is 0. The number of aromatic nitrogens is 1. The molecule has 0 radical (unpaired) electrons. The summed E-state index contributed by atoms with van der Waals surface area (Å²) in [6.07, 6.45) is 5.90. The Hall–Kier alpha value is -1.42. The highest BCUT2D eigenvalue weighted by Gasteiger charge is 2.26. The molecule has 1 aromatic rings. The number of hydrogen-bond acceptors (Lipinski definition) is 3. The van der Waals surface area contributed by atoms with Crippen molar-refractivity contribution in [1.82, 2.24) is 9.88 Å². The van der Waals surface area contributed by atoms with Crippen molar-refractivity contribution >= 4 is 5.97 Å². The summed E-state index contributed by atoms with van der Waals surface area (Å²) < 4.78 is 0. The molecule has 1 atom stereocenters. The van der Waals surface area contributed by atoms with Crippen molar-refractivity contribution in [3.63, 3.8) is 0 Å². The van der Waals surface area contributed by atoms with Gasteiger partial charge in [0.25, 0.3) is 0 Å². The van der Waals surface area contributed by atoms with Crippen molar-refractivity contribution in [2.24, 2.45) is 0 Å². The number of carboxylic acids is 1. The lowest BCUT2D eigenvalue weighted by Gasteiger charge is -2.22. The van der Waals surface area contributed by atoms with Gasteiger partial charge in [0.15, 0.2) is 0 Å². The molecule has 86 valence electrons. The highest BCUT2D eigenvalue weighted by atomic mass is 16.4. The maximum absolute atomic E-state index is 10.7. The largest absolute Gasteiger partial charge is 0.481 e. The predicted molar refractivity (Wildman–Crippen MR) is 59.9 cm³/mol. The van der Waals surface area contributed by atoms with Gasteiger partial charge in [-0.25, -0.2) is 0 Å². The maximum Gasteiger partial charge on any atom is 0.304 e. The molecule has 1 aromatic heterocycles. The third-order valence-corrected chi connectivity index (χ3v) is 3.04. The number of nitrogens with zero attached hydrogens (tertiary/aromatic N) is 2. The Morgan fingerprint density at radius 3 is 2.94 bits per heavy atom. The minimum atomic E-state index is -0.702. The van der Waals surface area contributed by atoms with E-state index in [0.29, 0.717) is 0 Å². The summed E-state index contributed by atoms with van der Waals surface area (Å²) in [7, 11) is 0. The Morgan fingerprint density at radius 1 is 1.50 bits per heavy atom. The van der Waals surface area contributed by atoms with Gasteiger partial charge in [-0.3, -0.25) is 14.7 Å².